The van der Waals surface area contributed by atoms with E-state index < -0.39 is 0 Å². The van der Waals surface area contributed by atoms with Crippen molar-refractivity contribution in [3.05, 3.63) is 12.2 Å². The highest BCUT2D eigenvalue weighted by molar-refractivity contribution is 5.78. The molecule has 1 aliphatic carbocycles. The summed E-state index contributed by atoms with van der Waals surface area (Å²) in [6.07, 6.45) is 5.94. The molecule has 0 aliphatic heterocycles. The van der Waals surface area contributed by atoms with Gasteiger partial charge < -0.3 is 15.2 Å². The number of hydrogen-bond donors (Lipinski definition) is 2. The van der Waals surface area contributed by atoms with E-state index in [-0.39, 0.29) is 5.91 Å². The van der Waals surface area contributed by atoms with Crippen LogP contribution in [0.1, 0.15) is 31.5 Å². The van der Waals surface area contributed by atoms with Gasteiger partial charge in [-0.2, -0.15) is 4.98 Å². The normalized spacial score (nSPS) is 16.5. The molecule has 0 unspecified atom stereocenters. The van der Waals surface area contributed by atoms with Crippen LogP contribution in [0.4, 0.5) is 0 Å². The maximum absolute atomic E-state index is 11.5. The van der Waals surface area contributed by atoms with Gasteiger partial charge in [0, 0.05) is 6.04 Å². The monoisotopic (exact) mass is 224 g/mol. The minimum Gasteiger partial charge on any atom is -0.352 e. The Balaban J connectivity index is 1.60. The Morgan fingerprint density at radius 2 is 2.31 bits per heavy atom. The van der Waals surface area contributed by atoms with E-state index in [4.69, 9.17) is 0 Å². The van der Waals surface area contributed by atoms with E-state index in [1.165, 1.54) is 19.2 Å². The number of aromatic nitrogens is 2. The van der Waals surface area contributed by atoms with Crippen LogP contribution in [0.3, 0.4) is 0 Å². The van der Waals surface area contributed by atoms with Crippen molar-refractivity contribution in [1.82, 2.24) is 20.8 Å². The molecule has 1 amide bonds. The summed E-state index contributed by atoms with van der Waals surface area (Å²) in [6, 6.07) is 0.375. The molecule has 2 rings (SSSR count). The Morgan fingerprint density at radius 1 is 1.50 bits per heavy atom. The van der Waals surface area contributed by atoms with Crippen molar-refractivity contribution in [2.45, 2.75) is 38.3 Å². The fraction of sp³-hybridized carbons (Fsp3) is 0.700. The van der Waals surface area contributed by atoms with Gasteiger partial charge in [0.05, 0.1) is 13.1 Å². The van der Waals surface area contributed by atoms with E-state index >= 15 is 0 Å². The van der Waals surface area contributed by atoms with Gasteiger partial charge in [-0.25, -0.2) is 0 Å². The highest BCUT2D eigenvalue weighted by Crippen LogP contribution is 2.17. The lowest BCUT2D eigenvalue weighted by Gasteiger charge is -2.11. The summed E-state index contributed by atoms with van der Waals surface area (Å²) in [7, 11) is 0. The van der Waals surface area contributed by atoms with Gasteiger partial charge in [-0.3, -0.25) is 4.79 Å². The Labute approximate surface area is 93.8 Å². The Hall–Kier alpha value is -1.43. The van der Waals surface area contributed by atoms with Crippen molar-refractivity contribution < 1.29 is 9.32 Å². The van der Waals surface area contributed by atoms with Crippen LogP contribution in [0, 0.1) is 0 Å². The predicted octanol–water partition coefficient (Wildman–Crippen LogP) is 0.218. The molecule has 16 heavy (non-hydrogen) atoms. The third-order valence-corrected chi connectivity index (χ3v) is 2.70. The van der Waals surface area contributed by atoms with Crippen LogP contribution in [0.25, 0.3) is 0 Å². The summed E-state index contributed by atoms with van der Waals surface area (Å²) in [4.78, 5) is 15.3. The van der Waals surface area contributed by atoms with Gasteiger partial charge in [-0.15, -0.1) is 0 Å². The molecule has 0 spiro atoms. The van der Waals surface area contributed by atoms with Crippen LogP contribution in [-0.2, 0) is 11.3 Å². The zero-order chi connectivity index (χ0) is 11.2. The summed E-state index contributed by atoms with van der Waals surface area (Å²) in [5.41, 5.74) is 0. The van der Waals surface area contributed by atoms with Crippen LogP contribution in [0.15, 0.2) is 10.9 Å². The van der Waals surface area contributed by atoms with Gasteiger partial charge >= 0.3 is 0 Å². The summed E-state index contributed by atoms with van der Waals surface area (Å²) in [6.45, 7) is 0.750. The molecule has 0 radical (unpaired) electrons. The number of hydrogen-bond acceptors (Lipinski definition) is 5. The Kier molecular flexibility index (Phi) is 3.87. The second-order valence-corrected chi connectivity index (χ2v) is 4.00. The standard InChI is InChI=1S/C10H16N4O2/c15-10(13-8-3-1-2-4-8)6-11-5-9-12-7-16-14-9/h7-8,11H,1-6H2,(H,13,15). The van der Waals surface area contributed by atoms with Gasteiger partial charge in [0.25, 0.3) is 0 Å². The molecule has 0 bridgehead atoms. The molecule has 1 fully saturated rings. The summed E-state index contributed by atoms with van der Waals surface area (Å²) < 4.78 is 4.58. The first-order valence-corrected chi connectivity index (χ1v) is 5.60. The van der Waals surface area contributed by atoms with E-state index in [0.717, 1.165) is 12.8 Å². The second kappa shape index (κ2) is 5.60. The molecule has 1 aliphatic rings. The molecule has 2 N–H and O–H groups in total. The van der Waals surface area contributed by atoms with Gasteiger partial charge in [-0.05, 0) is 12.8 Å². The number of carbonyl (C=O) groups excluding carboxylic acids is 1. The second-order valence-electron chi connectivity index (χ2n) is 4.00. The van der Waals surface area contributed by atoms with Crippen molar-refractivity contribution in [1.29, 1.82) is 0 Å². The van der Waals surface area contributed by atoms with E-state index in [0.29, 0.717) is 25.0 Å². The van der Waals surface area contributed by atoms with Gasteiger partial charge in [0.15, 0.2) is 5.82 Å². The van der Waals surface area contributed by atoms with E-state index in [1.54, 1.807) is 0 Å². The molecule has 0 atom stereocenters. The molecule has 6 heteroatoms. The first kappa shape index (κ1) is 11.1. The highest BCUT2D eigenvalue weighted by atomic mass is 16.5. The van der Waals surface area contributed by atoms with Crippen molar-refractivity contribution in [2.24, 2.45) is 0 Å². The van der Waals surface area contributed by atoms with Crippen LogP contribution < -0.4 is 10.6 Å². The summed E-state index contributed by atoms with van der Waals surface area (Å²) in [5, 5.41) is 9.59. The van der Waals surface area contributed by atoms with Crippen LogP contribution in [-0.4, -0.2) is 28.6 Å². The molecule has 1 aromatic rings. The van der Waals surface area contributed by atoms with Crippen molar-refractivity contribution in [3.8, 4) is 0 Å². The predicted molar refractivity (Wildman–Crippen MR) is 56.4 cm³/mol. The SMILES string of the molecule is O=C(CNCc1ncon1)NC1CCCC1. The maximum Gasteiger partial charge on any atom is 0.234 e. The Bertz CT molecular complexity index is 320. The third-order valence-electron chi connectivity index (χ3n) is 2.70. The minimum absolute atomic E-state index is 0.0374. The lowest BCUT2D eigenvalue weighted by atomic mass is 10.2. The number of nitrogens with one attached hydrogen (secondary N) is 2. The fourth-order valence-corrected chi connectivity index (χ4v) is 1.91. The molecule has 0 aromatic carbocycles. The molecule has 0 saturated heterocycles. The largest absolute Gasteiger partial charge is 0.352 e. The van der Waals surface area contributed by atoms with E-state index in [9.17, 15) is 4.79 Å². The zero-order valence-corrected chi connectivity index (χ0v) is 9.11. The molecule has 88 valence electrons. The van der Waals surface area contributed by atoms with Crippen molar-refractivity contribution in [2.75, 3.05) is 6.54 Å². The number of amides is 1. The first-order valence-electron chi connectivity index (χ1n) is 5.60. The maximum atomic E-state index is 11.5. The van der Waals surface area contributed by atoms with Gasteiger partial charge in [0.2, 0.25) is 12.3 Å². The Morgan fingerprint density at radius 3 is 3.00 bits per heavy atom. The average molecular weight is 224 g/mol. The number of rotatable bonds is 5. The van der Waals surface area contributed by atoms with E-state index in [2.05, 4.69) is 25.3 Å². The smallest absolute Gasteiger partial charge is 0.234 e. The molecule has 1 heterocycles. The average Bonchev–Trinajstić information content (AvgIpc) is 2.90. The lowest BCUT2D eigenvalue weighted by molar-refractivity contribution is -0.120. The molecular weight excluding hydrogens is 208 g/mol. The highest BCUT2D eigenvalue weighted by Gasteiger charge is 2.16. The molecule has 6 nitrogen and oxygen atoms in total. The molecule has 1 aromatic heterocycles. The zero-order valence-electron chi connectivity index (χ0n) is 9.11. The third kappa shape index (κ3) is 3.30. The first-order chi connectivity index (χ1) is 7.84. The summed E-state index contributed by atoms with van der Waals surface area (Å²) >= 11 is 0. The van der Waals surface area contributed by atoms with Crippen molar-refractivity contribution >= 4 is 5.91 Å². The minimum atomic E-state index is 0.0374. The van der Waals surface area contributed by atoms with Crippen LogP contribution >= 0.6 is 0 Å². The summed E-state index contributed by atoms with van der Waals surface area (Å²) in [5.74, 6) is 0.601. The lowest BCUT2D eigenvalue weighted by Crippen LogP contribution is -2.39. The van der Waals surface area contributed by atoms with Crippen molar-refractivity contribution in [3.63, 3.8) is 0 Å². The van der Waals surface area contributed by atoms with Gasteiger partial charge in [0.1, 0.15) is 0 Å². The number of carbonyl (C=O) groups is 1. The van der Waals surface area contributed by atoms with Gasteiger partial charge in [-0.1, -0.05) is 18.0 Å². The number of nitrogens with zero attached hydrogens (tertiary/aromatic N) is 2. The quantitative estimate of drug-likeness (QED) is 0.747. The molecular formula is C10H16N4O2. The van der Waals surface area contributed by atoms with E-state index in [1.807, 2.05) is 0 Å². The molecule has 1 saturated carbocycles. The fourth-order valence-electron chi connectivity index (χ4n) is 1.91. The van der Waals surface area contributed by atoms with Crippen LogP contribution in [0.2, 0.25) is 0 Å². The topological polar surface area (TPSA) is 80.1 Å². The van der Waals surface area contributed by atoms with Crippen LogP contribution in [0.5, 0.6) is 0 Å².